The fourth-order valence-electron chi connectivity index (χ4n) is 4.25. The number of hydrogen-bond acceptors (Lipinski definition) is 5. The molecule has 0 unspecified atom stereocenters. The van der Waals surface area contributed by atoms with Crippen LogP contribution in [0.15, 0.2) is 65.8 Å². The number of nitrogens with one attached hydrogen (secondary N) is 1. The van der Waals surface area contributed by atoms with Crippen LogP contribution in [0.25, 0.3) is 0 Å². The third-order valence-electron chi connectivity index (χ3n) is 5.97. The third kappa shape index (κ3) is 5.48. The summed E-state index contributed by atoms with van der Waals surface area (Å²) in [6, 6.07) is 11.6. The van der Waals surface area contributed by atoms with E-state index in [1.807, 2.05) is 49.9 Å². The van der Waals surface area contributed by atoms with E-state index >= 15 is 0 Å². The molecule has 0 bridgehead atoms. The Morgan fingerprint density at radius 1 is 1.28 bits per heavy atom. The van der Waals surface area contributed by atoms with E-state index in [1.165, 1.54) is 18.4 Å². The molecule has 1 aliphatic heterocycles. The number of carbonyl (C=O) groups is 2. The summed E-state index contributed by atoms with van der Waals surface area (Å²) >= 11 is 0. The molecule has 0 saturated carbocycles. The van der Waals surface area contributed by atoms with Crippen molar-refractivity contribution < 1.29 is 23.1 Å². The fraction of sp³-hybridized carbons (Fsp3) is 0.321. The van der Waals surface area contributed by atoms with Crippen LogP contribution in [0.1, 0.15) is 59.9 Å². The molecule has 2 amide bonds. The maximum atomic E-state index is 14.2. The quantitative estimate of drug-likeness (QED) is 0.479. The lowest BCUT2D eigenvalue weighted by Crippen LogP contribution is -2.45. The van der Waals surface area contributed by atoms with Crippen molar-refractivity contribution in [2.24, 2.45) is 5.41 Å². The van der Waals surface area contributed by atoms with Gasteiger partial charge in [0.25, 0.3) is 5.91 Å². The number of ether oxygens (including phenoxy) is 1. The number of rotatable bonds is 7. The van der Waals surface area contributed by atoms with Crippen LogP contribution in [0.3, 0.4) is 0 Å². The fourth-order valence-corrected chi connectivity index (χ4v) is 4.25. The maximum Gasteiger partial charge on any atom is 0.273 e. The number of halogens is 1. The summed E-state index contributed by atoms with van der Waals surface area (Å²) in [5.41, 5.74) is 2.24. The van der Waals surface area contributed by atoms with E-state index in [9.17, 15) is 14.0 Å². The Morgan fingerprint density at radius 3 is 2.81 bits per heavy atom. The number of amides is 2. The average molecular weight is 492 g/mol. The highest BCUT2D eigenvalue weighted by molar-refractivity contribution is 5.91. The van der Waals surface area contributed by atoms with Gasteiger partial charge in [-0.05, 0) is 47.4 Å². The van der Waals surface area contributed by atoms with Crippen LogP contribution >= 0.6 is 0 Å². The smallest absolute Gasteiger partial charge is 0.273 e. The minimum Gasteiger partial charge on any atom is -0.484 e. The topological polar surface area (TPSA) is 84.7 Å². The van der Waals surface area contributed by atoms with E-state index in [0.29, 0.717) is 30.8 Å². The molecule has 1 N–H and O–H groups in total. The van der Waals surface area contributed by atoms with Gasteiger partial charge in [0.1, 0.15) is 17.8 Å². The summed E-state index contributed by atoms with van der Waals surface area (Å²) in [6.45, 7) is 10.1. The van der Waals surface area contributed by atoms with Crippen LogP contribution in [-0.2, 0) is 17.8 Å². The second-order valence-corrected chi connectivity index (χ2v) is 9.73. The van der Waals surface area contributed by atoms with Crippen molar-refractivity contribution in [1.29, 1.82) is 0 Å². The monoisotopic (exact) mass is 491 g/mol. The Morgan fingerprint density at radius 2 is 2.08 bits per heavy atom. The molecule has 1 aromatic heterocycles. The van der Waals surface area contributed by atoms with Gasteiger partial charge in [-0.2, -0.15) is 0 Å². The zero-order chi connectivity index (χ0) is 25.9. The molecule has 0 spiro atoms. The second kappa shape index (κ2) is 10.4. The molecule has 188 valence electrons. The Hall–Kier alpha value is -3.94. The minimum absolute atomic E-state index is 0.00391. The van der Waals surface area contributed by atoms with Gasteiger partial charge in [-0.15, -0.1) is 6.58 Å². The number of nitrogens with zero attached hydrogens (tertiary/aromatic N) is 2. The molecule has 4 rings (SSSR count). The van der Waals surface area contributed by atoms with Crippen molar-refractivity contribution in [2.45, 2.75) is 39.8 Å². The van der Waals surface area contributed by atoms with Gasteiger partial charge >= 0.3 is 0 Å². The number of fused-ring (bicyclic) bond motifs is 1. The lowest BCUT2D eigenvalue weighted by Gasteiger charge is -2.41. The van der Waals surface area contributed by atoms with Gasteiger partial charge in [0, 0.05) is 18.5 Å². The second-order valence-electron chi connectivity index (χ2n) is 9.73. The normalized spacial score (nSPS) is 15.2. The predicted octanol–water partition coefficient (Wildman–Crippen LogP) is 4.83. The number of hydrogen-bond donors (Lipinski definition) is 1. The first kappa shape index (κ1) is 25.2. The summed E-state index contributed by atoms with van der Waals surface area (Å²) in [6.07, 6.45) is 3.54. The molecule has 0 saturated heterocycles. The SMILES string of the molecule is C=CCNC(=O)c1coc(COc2ccc3c(c2)[C@@H](c2cccc(F)c2)N(C(=O)C(C)(C)C)CC3)n1. The summed E-state index contributed by atoms with van der Waals surface area (Å²) in [4.78, 5) is 31.4. The van der Waals surface area contributed by atoms with Crippen molar-refractivity contribution in [2.75, 3.05) is 13.1 Å². The van der Waals surface area contributed by atoms with E-state index in [2.05, 4.69) is 16.9 Å². The lowest BCUT2D eigenvalue weighted by atomic mass is 9.85. The molecular weight excluding hydrogens is 461 g/mol. The van der Waals surface area contributed by atoms with Crippen LogP contribution in [0, 0.1) is 11.2 Å². The van der Waals surface area contributed by atoms with Crippen LogP contribution < -0.4 is 10.1 Å². The van der Waals surface area contributed by atoms with Crippen molar-refractivity contribution >= 4 is 11.8 Å². The maximum absolute atomic E-state index is 14.2. The van der Waals surface area contributed by atoms with Gasteiger partial charge in [-0.3, -0.25) is 9.59 Å². The molecule has 1 atom stereocenters. The van der Waals surface area contributed by atoms with Gasteiger partial charge < -0.3 is 19.4 Å². The van der Waals surface area contributed by atoms with E-state index in [4.69, 9.17) is 9.15 Å². The third-order valence-corrected chi connectivity index (χ3v) is 5.97. The molecule has 0 aliphatic carbocycles. The Labute approximate surface area is 210 Å². The van der Waals surface area contributed by atoms with Gasteiger partial charge in [0.05, 0.1) is 6.04 Å². The van der Waals surface area contributed by atoms with Crippen LogP contribution in [0.5, 0.6) is 5.75 Å². The zero-order valence-corrected chi connectivity index (χ0v) is 20.7. The molecule has 36 heavy (non-hydrogen) atoms. The molecule has 0 radical (unpaired) electrons. The first-order chi connectivity index (χ1) is 17.2. The molecule has 0 fully saturated rings. The highest BCUT2D eigenvalue weighted by Gasteiger charge is 2.37. The number of benzene rings is 2. The molecule has 8 heteroatoms. The zero-order valence-electron chi connectivity index (χ0n) is 20.7. The van der Waals surface area contributed by atoms with E-state index in [1.54, 1.807) is 12.1 Å². The van der Waals surface area contributed by atoms with E-state index in [-0.39, 0.29) is 35.8 Å². The average Bonchev–Trinajstić information content (AvgIpc) is 3.33. The van der Waals surface area contributed by atoms with Crippen LogP contribution in [0.4, 0.5) is 4.39 Å². The number of aromatic nitrogens is 1. The highest BCUT2D eigenvalue weighted by Crippen LogP contribution is 2.39. The highest BCUT2D eigenvalue weighted by atomic mass is 19.1. The van der Waals surface area contributed by atoms with Crippen molar-refractivity contribution in [3.05, 3.63) is 95.5 Å². The summed E-state index contributed by atoms with van der Waals surface area (Å²) in [5, 5.41) is 2.64. The molecule has 7 nitrogen and oxygen atoms in total. The first-order valence-corrected chi connectivity index (χ1v) is 11.8. The molecule has 2 aromatic carbocycles. The van der Waals surface area contributed by atoms with Gasteiger partial charge in [-0.1, -0.05) is 45.0 Å². The summed E-state index contributed by atoms with van der Waals surface area (Å²) in [5.74, 6) is 0.0850. The largest absolute Gasteiger partial charge is 0.484 e. The van der Waals surface area contributed by atoms with Crippen molar-refractivity contribution in [3.8, 4) is 5.75 Å². The molecule has 2 heterocycles. The standard InChI is InChI=1S/C28H30FN3O4/c1-5-12-30-26(33)23-16-36-24(31-23)17-35-21-10-9-18-11-13-32(27(34)28(2,3)4)25(22(18)15-21)19-7-6-8-20(29)14-19/h5-10,14-16,25H,1,11-13,17H2,2-4H3,(H,30,33)/t25-/m1/s1. The van der Waals surface area contributed by atoms with E-state index in [0.717, 1.165) is 11.1 Å². The Bertz CT molecular complexity index is 1280. The molecule has 3 aromatic rings. The lowest BCUT2D eigenvalue weighted by molar-refractivity contribution is -0.141. The first-order valence-electron chi connectivity index (χ1n) is 11.8. The Kier molecular flexibility index (Phi) is 7.24. The summed E-state index contributed by atoms with van der Waals surface area (Å²) < 4.78 is 25.5. The predicted molar refractivity (Wildman–Crippen MR) is 133 cm³/mol. The van der Waals surface area contributed by atoms with Gasteiger partial charge in [0.2, 0.25) is 11.8 Å². The molecule has 1 aliphatic rings. The minimum atomic E-state index is -0.585. The van der Waals surface area contributed by atoms with Crippen molar-refractivity contribution in [1.82, 2.24) is 15.2 Å². The number of oxazole rings is 1. The number of carbonyl (C=O) groups excluding carboxylic acids is 2. The molecular formula is C28H30FN3O4. The van der Waals surface area contributed by atoms with Crippen molar-refractivity contribution in [3.63, 3.8) is 0 Å². The van der Waals surface area contributed by atoms with Gasteiger partial charge in [-0.25, -0.2) is 9.37 Å². The van der Waals surface area contributed by atoms with Crippen LogP contribution in [-0.4, -0.2) is 34.8 Å². The summed E-state index contributed by atoms with van der Waals surface area (Å²) in [7, 11) is 0. The van der Waals surface area contributed by atoms with Crippen LogP contribution in [0.2, 0.25) is 0 Å². The van der Waals surface area contributed by atoms with Gasteiger partial charge in [0.15, 0.2) is 12.3 Å². The Balaban J connectivity index is 1.60. The van der Waals surface area contributed by atoms with E-state index < -0.39 is 11.5 Å².